The molecule has 2 aromatic carbocycles. The van der Waals surface area contributed by atoms with Crippen LogP contribution in [0.15, 0.2) is 46.2 Å². The third-order valence-corrected chi connectivity index (χ3v) is 5.08. The zero-order valence-corrected chi connectivity index (χ0v) is 14.3. The van der Waals surface area contributed by atoms with Crippen LogP contribution in [-0.2, 0) is 19.5 Å². The van der Waals surface area contributed by atoms with Crippen LogP contribution in [0.4, 0.5) is 0 Å². The first-order chi connectivity index (χ1) is 11.2. The van der Waals surface area contributed by atoms with Gasteiger partial charge in [-0.25, -0.2) is 5.26 Å². The summed E-state index contributed by atoms with van der Waals surface area (Å²) in [5.41, 5.74) is 1.53. The number of hydrogen-bond acceptors (Lipinski definition) is 7. The molecule has 0 bridgehead atoms. The van der Waals surface area contributed by atoms with E-state index in [-0.39, 0.29) is 16.0 Å². The minimum atomic E-state index is -4.42. The molecule has 0 saturated heterocycles. The lowest BCUT2D eigenvalue weighted by molar-refractivity contribution is -0.432. The molecule has 0 aliphatic heterocycles. The molecule has 0 aromatic heterocycles. The van der Waals surface area contributed by atoms with Crippen LogP contribution in [0, 0.1) is 13.8 Å². The number of carbonyl (C=O) groups is 1. The number of aryl methyl sites for hydroxylation is 2. The summed E-state index contributed by atoms with van der Waals surface area (Å²) < 4.78 is 36.3. The predicted octanol–water partition coefficient (Wildman–Crippen LogP) is 3.21. The molecule has 0 radical (unpaired) electrons. The topological polar surface area (TPSA) is 110 Å². The van der Waals surface area contributed by atoms with E-state index in [4.69, 9.17) is 5.26 Å². The summed E-state index contributed by atoms with van der Waals surface area (Å²) in [4.78, 5) is 12.8. The van der Waals surface area contributed by atoms with E-state index < -0.39 is 15.9 Å². The Balaban J connectivity index is 2.42. The fourth-order valence-corrected chi connectivity index (χ4v) is 3.30. The van der Waals surface area contributed by atoms with E-state index in [0.29, 0.717) is 10.5 Å². The van der Waals surface area contributed by atoms with Gasteiger partial charge in [0.2, 0.25) is 0 Å². The van der Waals surface area contributed by atoms with Crippen LogP contribution in [0.25, 0.3) is 0 Å². The molecule has 0 amide bonds. The zero-order chi connectivity index (χ0) is 17.9. The molecule has 2 N–H and O–H groups in total. The first-order valence-electron chi connectivity index (χ1n) is 6.62. The first-order valence-corrected chi connectivity index (χ1v) is 8.80. The van der Waals surface area contributed by atoms with Crippen molar-refractivity contribution in [2.24, 2.45) is 0 Å². The van der Waals surface area contributed by atoms with Crippen molar-refractivity contribution in [3.8, 4) is 0 Å². The van der Waals surface area contributed by atoms with Gasteiger partial charge in [0, 0.05) is 16.0 Å². The molecule has 2 aromatic rings. The maximum atomic E-state index is 12.6. The van der Waals surface area contributed by atoms with E-state index in [1.165, 1.54) is 25.1 Å². The number of carbonyl (C=O) groups excluding carboxylic acids is 1. The van der Waals surface area contributed by atoms with Gasteiger partial charge in [-0.1, -0.05) is 29.3 Å². The highest BCUT2D eigenvalue weighted by Gasteiger charge is 2.18. The van der Waals surface area contributed by atoms with E-state index >= 15 is 0 Å². The van der Waals surface area contributed by atoms with Gasteiger partial charge >= 0.3 is 0 Å². The summed E-state index contributed by atoms with van der Waals surface area (Å²) in [6, 6.07) is 8.83. The van der Waals surface area contributed by atoms with Gasteiger partial charge in [0.05, 0.1) is 16.9 Å². The van der Waals surface area contributed by atoms with Crippen LogP contribution in [0.1, 0.15) is 27.0 Å². The molecule has 0 spiro atoms. The molecule has 24 heavy (non-hydrogen) atoms. The zero-order valence-electron chi connectivity index (χ0n) is 12.7. The van der Waals surface area contributed by atoms with E-state index in [0.717, 1.165) is 23.7 Å². The molecule has 0 saturated carbocycles. The summed E-state index contributed by atoms with van der Waals surface area (Å²) in [7, 11) is -4.42. The van der Waals surface area contributed by atoms with Crippen molar-refractivity contribution >= 4 is 27.9 Å². The van der Waals surface area contributed by atoms with Crippen molar-refractivity contribution in [1.82, 2.24) is 0 Å². The third kappa shape index (κ3) is 4.20. The highest BCUT2D eigenvalue weighted by atomic mass is 32.2. The Hall–Kier alpha value is -1.75. The molecular formula is C15H14O7S2. The Morgan fingerprint density at radius 2 is 1.62 bits per heavy atom. The highest BCUT2D eigenvalue weighted by Crippen LogP contribution is 2.26. The molecular weight excluding hydrogens is 356 g/mol. The number of hydrogen-bond donors (Lipinski definition) is 2. The fraction of sp³-hybridized carbons (Fsp3) is 0.133. The summed E-state index contributed by atoms with van der Waals surface area (Å²) >= 11 is 0.723. The Morgan fingerprint density at radius 1 is 1.04 bits per heavy atom. The quantitative estimate of drug-likeness (QED) is 0.262. The minimum absolute atomic E-state index is 0.118. The van der Waals surface area contributed by atoms with Crippen LogP contribution in [0.3, 0.4) is 0 Å². The maximum Gasteiger partial charge on any atom is 0.294 e. The van der Waals surface area contributed by atoms with Crippen molar-refractivity contribution in [1.29, 1.82) is 0 Å². The minimum Gasteiger partial charge on any atom is -0.289 e. The van der Waals surface area contributed by atoms with Crippen molar-refractivity contribution < 1.29 is 32.4 Å². The summed E-state index contributed by atoms with van der Waals surface area (Å²) in [5, 5.41) is 11.8. The summed E-state index contributed by atoms with van der Waals surface area (Å²) in [5.74, 6) is -0.424. The molecule has 0 atom stereocenters. The fourth-order valence-electron chi connectivity index (χ4n) is 2.07. The van der Waals surface area contributed by atoms with Gasteiger partial charge in [0.1, 0.15) is 0 Å². The summed E-state index contributed by atoms with van der Waals surface area (Å²) in [6.07, 6.45) is 0. The van der Waals surface area contributed by atoms with E-state index in [1.54, 1.807) is 19.1 Å². The largest absolute Gasteiger partial charge is 0.294 e. The Bertz CT molecular complexity index is 875. The van der Waals surface area contributed by atoms with Gasteiger partial charge in [-0.3, -0.25) is 9.35 Å². The van der Waals surface area contributed by atoms with Gasteiger partial charge < -0.3 is 0 Å². The molecule has 0 heterocycles. The van der Waals surface area contributed by atoms with Crippen molar-refractivity contribution in [3.05, 3.63) is 58.7 Å². The maximum absolute atomic E-state index is 12.6. The number of ketones is 1. The van der Waals surface area contributed by atoms with Crippen LogP contribution in [0.2, 0.25) is 0 Å². The standard InChI is InChI=1S/C15H14O7S2/c1-9-3-5-11(7-13(9)23-22-21-17)15(16)12-6-4-10(2)14(8-12)24(18,19)20/h3-8,17H,1-2H3,(H,18,19,20). The van der Waals surface area contributed by atoms with Gasteiger partial charge in [-0.05, 0) is 37.1 Å². The first kappa shape index (κ1) is 18.6. The van der Waals surface area contributed by atoms with E-state index in [1.807, 2.05) is 0 Å². The average molecular weight is 370 g/mol. The molecule has 9 heteroatoms. The van der Waals surface area contributed by atoms with Gasteiger partial charge in [-0.2, -0.15) is 8.42 Å². The molecule has 0 aliphatic rings. The second-order valence-electron chi connectivity index (χ2n) is 4.99. The normalized spacial score (nSPS) is 11.5. The molecule has 0 unspecified atom stereocenters. The Labute approximate surface area is 143 Å². The van der Waals surface area contributed by atoms with E-state index in [2.05, 4.69) is 9.37 Å². The SMILES string of the molecule is Cc1ccc(C(=O)c2ccc(C)c(S(=O)(=O)O)c2)cc1SOOO. The van der Waals surface area contributed by atoms with Crippen LogP contribution in [-0.4, -0.2) is 24.0 Å². The molecule has 2 rings (SSSR count). The summed E-state index contributed by atoms with van der Waals surface area (Å²) in [6.45, 7) is 3.30. The predicted molar refractivity (Wildman–Crippen MR) is 86.3 cm³/mol. The van der Waals surface area contributed by atoms with Gasteiger partial charge in [0.15, 0.2) is 5.78 Å². The molecule has 7 nitrogen and oxygen atoms in total. The Kier molecular flexibility index (Phi) is 5.75. The monoisotopic (exact) mass is 370 g/mol. The third-order valence-electron chi connectivity index (χ3n) is 3.33. The molecule has 0 aliphatic carbocycles. The number of benzene rings is 2. The smallest absolute Gasteiger partial charge is 0.289 e. The van der Waals surface area contributed by atoms with E-state index in [9.17, 15) is 17.8 Å². The second kappa shape index (κ2) is 7.43. The Morgan fingerprint density at radius 3 is 2.21 bits per heavy atom. The lowest BCUT2D eigenvalue weighted by Gasteiger charge is -2.08. The lowest BCUT2D eigenvalue weighted by Crippen LogP contribution is -2.06. The van der Waals surface area contributed by atoms with Crippen molar-refractivity contribution in [3.63, 3.8) is 0 Å². The van der Waals surface area contributed by atoms with Crippen LogP contribution in [0.5, 0.6) is 0 Å². The highest BCUT2D eigenvalue weighted by molar-refractivity contribution is 7.94. The van der Waals surface area contributed by atoms with Crippen LogP contribution < -0.4 is 0 Å². The van der Waals surface area contributed by atoms with Crippen molar-refractivity contribution in [2.45, 2.75) is 23.6 Å². The van der Waals surface area contributed by atoms with Gasteiger partial charge in [0.25, 0.3) is 10.1 Å². The molecule has 0 fully saturated rings. The number of rotatable bonds is 6. The van der Waals surface area contributed by atoms with Crippen LogP contribution >= 0.6 is 12.0 Å². The average Bonchev–Trinajstić information content (AvgIpc) is 2.53. The second-order valence-corrected chi connectivity index (χ2v) is 7.12. The van der Waals surface area contributed by atoms with Crippen molar-refractivity contribution in [2.75, 3.05) is 0 Å². The van der Waals surface area contributed by atoms with Gasteiger partial charge in [-0.15, -0.1) is 4.33 Å². The lowest BCUT2D eigenvalue weighted by atomic mass is 10.0. The molecule has 128 valence electrons.